The molecule has 0 spiro atoms. The van der Waals surface area contributed by atoms with Crippen LogP contribution in [-0.4, -0.2) is 72.5 Å². The molecule has 0 saturated carbocycles. The summed E-state index contributed by atoms with van der Waals surface area (Å²) in [7, 11) is 0. The normalized spacial score (nSPS) is 15.2. The molecule has 0 bridgehead atoms. The van der Waals surface area contributed by atoms with Crippen LogP contribution in [0.2, 0.25) is 0 Å². The number of hydrogen-bond acceptors (Lipinski definition) is 3. The third-order valence-electron chi connectivity index (χ3n) is 4.46. The molecule has 1 saturated heterocycles. The van der Waals surface area contributed by atoms with E-state index < -0.39 is 0 Å². The van der Waals surface area contributed by atoms with Crippen molar-refractivity contribution in [3.63, 3.8) is 0 Å². The van der Waals surface area contributed by atoms with Crippen LogP contribution in [0.3, 0.4) is 0 Å². The number of amides is 3. The summed E-state index contributed by atoms with van der Waals surface area (Å²) in [6.45, 7) is 10.6. The molecule has 1 aliphatic rings. The van der Waals surface area contributed by atoms with Crippen molar-refractivity contribution in [2.45, 2.75) is 20.8 Å². The molecule has 1 heterocycles. The quantitative estimate of drug-likeness (QED) is 0.897. The van der Waals surface area contributed by atoms with Gasteiger partial charge >= 0.3 is 6.03 Å². The monoisotopic (exact) mass is 332 g/mol. The molecule has 6 heteroatoms. The lowest BCUT2D eigenvalue weighted by molar-refractivity contribution is -0.117. The number of hydrogen-bond donors (Lipinski definition) is 1. The van der Waals surface area contributed by atoms with Crippen LogP contribution in [0.1, 0.15) is 19.4 Å². The number of urea groups is 1. The predicted octanol–water partition coefficient (Wildman–Crippen LogP) is 2.01. The molecule has 1 aromatic carbocycles. The summed E-state index contributed by atoms with van der Waals surface area (Å²) < 4.78 is 0. The van der Waals surface area contributed by atoms with Gasteiger partial charge in [-0.2, -0.15) is 0 Å². The molecule has 3 amide bonds. The molecule has 1 fully saturated rings. The second kappa shape index (κ2) is 8.68. The van der Waals surface area contributed by atoms with Crippen LogP contribution in [0.4, 0.5) is 10.5 Å². The fourth-order valence-electron chi connectivity index (χ4n) is 2.90. The number of aryl methyl sites for hydroxylation is 1. The van der Waals surface area contributed by atoms with Crippen molar-refractivity contribution < 1.29 is 9.59 Å². The first kappa shape index (κ1) is 18.3. The molecule has 0 aliphatic carbocycles. The maximum atomic E-state index is 12.3. The molecule has 2 rings (SSSR count). The minimum atomic E-state index is -0.00665. The summed E-state index contributed by atoms with van der Waals surface area (Å²) in [5.41, 5.74) is 1.92. The highest BCUT2D eigenvalue weighted by atomic mass is 16.2. The van der Waals surface area contributed by atoms with E-state index in [0.29, 0.717) is 19.6 Å². The van der Waals surface area contributed by atoms with E-state index in [2.05, 4.69) is 10.2 Å². The first-order chi connectivity index (χ1) is 11.5. The molecule has 0 atom stereocenters. The van der Waals surface area contributed by atoms with Gasteiger partial charge in [0.05, 0.1) is 6.54 Å². The third kappa shape index (κ3) is 4.71. The Morgan fingerprint density at radius 3 is 2.29 bits per heavy atom. The van der Waals surface area contributed by atoms with E-state index in [1.807, 2.05) is 54.8 Å². The average molecular weight is 332 g/mol. The van der Waals surface area contributed by atoms with E-state index in [1.54, 1.807) is 0 Å². The Morgan fingerprint density at radius 1 is 1.08 bits per heavy atom. The smallest absolute Gasteiger partial charge is 0.320 e. The third-order valence-corrected chi connectivity index (χ3v) is 4.46. The van der Waals surface area contributed by atoms with Crippen LogP contribution in [0.25, 0.3) is 0 Å². The minimum Gasteiger partial charge on any atom is -0.325 e. The number of benzene rings is 1. The Bertz CT molecular complexity index is 564. The fraction of sp³-hybridized carbons (Fsp3) is 0.556. The molecular weight excluding hydrogens is 304 g/mol. The predicted molar refractivity (Wildman–Crippen MR) is 96.1 cm³/mol. The van der Waals surface area contributed by atoms with Crippen molar-refractivity contribution in [3.05, 3.63) is 29.8 Å². The van der Waals surface area contributed by atoms with Gasteiger partial charge in [0.15, 0.2) is 0 Å². The molecule has 1 N–H and O–H groups in total. The van der Waals surface area contributed by atoms with Crippen molar-refractivity contribution in [1.29, 1.82) is 0 Å². The highest BCUT2D eigenvalue weighted by Crippen LogP contribution is 2.13. The number of carbonyl (C=O) groups excluding carboxylic acids is 2. The summed E-state index contributed by atoms with van der Waals surface area (Å²) in [6, 6.07) is 7.86. The largest absolute Gasteiger partial charge is 0.325 e. The molecule has 132 valence electrons. The maximum Gasteiger partial charge on any atom is 0.320 e. The summed E-state index contributed by atoms with van der Waals surface area (Å²) >= 11 is 0. The standard InChI is InChI=1S/C18H28N4O2/c1-4-21(5-2)18(24)22-12-10-20(11-13-22)14-17(23)19-16-9-7-6-8-15(16)3/h6-9H,4-5,10-14H2,1-3H3,(H,19,23). The van der Waals surface area contributed by atoms with Crippen molar-refractivity contribution in [2.75, 3.05) is 51.1 Å². The average Bonchev–Trinajstić information content (AvgIpc) is 2.58. The van der Waals surface area contributed by atoms with E-state index in [9.17, 15) is 9.59 Å². The van der Waals surface area contributed by atoms with Gasteiger partial charge in [-0.1, -0.05) is 18.2 Å². The van der Waals surface area contributed by atoms with Gasteiger partial charge in [0.2, 0.25) is 5.91 Å². The number of para-hydroxylation sites is 1. The van der Waals surface area contributed by atoms with Crippen molar-refractivity contribution >= 4 is 17.6 Å². The molecular formula is C18H28N4O2. The zero-order chi connectivity index (χ0) is 17.5. The van der Waals surface area contributed by atoms with E-state index in [4.69, 9.17) is 0 Å². The Hall–Kier alpha value is -2.08. The summed E-state index contributed by atoms with van der Waals surface area (Å²) in [5, 5.41) is 2.96. The second-order valence-corrected chi connectivity index (χ2v) is 6.08. The van der Waals surface area contributed by atoms with Crippen LogP contribution in [0, 0.1) is 6.92 Å². The molecule has 1 aliphatic heterocycles. The van der Waals surface area contributed by atoms with Crippen molar-refractivity contribution in [1.82, 2.24) is 14.7 Å². The molecule has 6 nitrogen and oxygen atoms in total. The molecule has 0 radical (unpaired) electrons. The van der Waals surface area contributed by atoms with E-state index in [1.165, 1.54) is 0 Å². The van der Waals surface area contributed by atoms with Crippen molar-refractivity contribution in [2.24, 2.45) is 0 Å². The highest BCUT2D eigenvalue weighted by molar-refractivity contribution is 5.92. The van der Waals surface area contributed by atoms with Gasteiger partial charge in [0, 0.05) is 45.0 Å². The topological polar surface area (TPSA) is 55.9 Å². The number of rotatable bonds is 5. The second-order valence-electron chi connectivity index (χ2n) is 6.08. The molecule has 1 aromatic rings. The summed E-state index contributed by atoms with van der Waals surface area (Å²) in [6.07, 6.45) is 0. The van der Waals surface area contributed by atoms with Crippen LogP contribution >= 0.6 is 0 Å². The van der Waals surface area contributed by atoms with Gasteiger partial charge in [-0.25, -0.2) is 4.79 Å². The number of carbonyl (C=O) groups is 2. The maximum absolute atomic E-state index is 12.3. The van der Waals surface area contributed by atoms with Crippen molar-refractivity contribution in [3.8, 4) is 0 Å². The number of anilines is 1. The number of piperazine rings is 1. The highest BCUT2D eigenvalue weighted by Gasteiger charge is 2.24. The first-order valence-corrected chi connectivity index (χ1v) is 8.66. The Labute approximate surface area is 144 Å². The van der Waals surface area contributed by atoms with Gasteiger partial charge in [-0.3, -0.25) is 9.69 Å². The van der Waals surface area contributed by atoms with Gasteiger partial charge in [0.25, 0.3) is 0 Å². The SMILES string of the molecule is CCN(CC)C(=O)N1CCN(CC(=O)Nc2ccccc2C)CC1. The van der Waals surface area contributed by atoms with E-state index >= 15 is 0 Å². The lowest BCUT2D eigenvalue weighted by Gasteiger charge is -2.36. The molecule has 24 heavy (non-hydrogen) atoms. The van der Waals surface area contributed by atoms with E-state index in [-0.39, 0.29) is 11.9 Å². The Morgan fingerprint density at radius 2 is 1.71 bits per heavy atom. The lowest BCUT2D eigenvalue weighted by atomic mass is 10.2. The zero-order valence-corrected chi connectivity index (χ0v) is 14.9. The van der Waals surface area contributed by atoms with E-state index in [0.717, 1.165) is 37.4 Å². The zero-order valence-electron chi connectivity index (χ0n) is 14.9. The number of nitrogens with one attached hydrogen (secondary N) is 1. The van der Waals surface area contributed by atoms with Gasteiger partial charge in [-0.05, 0) is 32.4 Å². The van der Waals surface area contributed by atoms with Crippen LogP contribution in [0.5, 0.6) is 0 Å². The Balaban J connectivity index is 1.79. The molecule has 0 aromatic heterocycles. The van der Waals surface area contributed by atoms with Gasteiger partial charge in [0.1, 0.15) is 0 Å². The lowest BCUT2D eigenvalue weighted by Crippen LogP contribution is -2.53. The summed E-state index contributed by atoms with van der Waals surface area (Å²) in [4.78, 5) is 30.3. The van der Waals surface area contributed by atoms with Crippen LogP contribution < -0.4 is 5.32 Å². The van der Waals surface area contributed by atoms with Crippen LogP contribution in [0.15, 0.2) is 24.3 Å². The number of nitrogens with zero attached hydrogens (tertiary/aromatic N) is 3. The van der Waals surface area contributed by atoms with Crippen LogP contribution in [-0.2, 0) is 4.79 Å². The summed E-state index contributed by atoms with van der Waals surface area (Å²) in [5.74, 6) is -0.00665. The fourth-order valence-corrected chi connectivity index (χ4v) is 2.90. The van der Waals surface area contributed by atoms with Gasteiger partial charge < -0.3 is 15.1 Å². The van der Waals surface area contributed by atoms with Gasteiger partial charge in [-0.15, -0.1) is 0 Å². The molecule has 0 unspecified atom stereocenters. The Kier molecular flexibility index (Phi) is 6.61. The minimum absolute atomic E-state index is 0.00665. The first-order valence-electron chi connectivity index (χ1n) is 8.66.